The second-order valence-electron chi connectivity index (χ2n) is 3.34. The van der Waals surface area contributed by atoms with Crippen molar-refractivity contribution in [1.82, 2.24) is 0 Å². The van der Waals surface area contributed by atoms with Gasteiger partial charge in [0.15, 0.2) is 0 Å². The highest BCUT2D eigenvalue weighted by molar-refractivity contribution is 7.89. The van der Waals surface area contributed by atoms with Gasteiger partial charge in [0, 0.05) is 7.11 Å². The summed E-state index contributed by atoms with van der Waals surface area (Å²) in [5.41, 5.74) is 0.903. The van der Waals surface area contributed by atoms with Gasteiger partial charge in [0.05, 0.1) is 6.61 Å². The van der Waals surface area contributed by atoms with Crippen molar-refractivity contribution in [3.63, 3.8) is 0 Å². The normalized spacial score (nSPS) is 11.4. The van der Waals surface area contributed by atoms with Crippen molar-refractivity contribution in [2.24, 2.45) is 5.14 Å². The number of rotatable bonds is 5. The molecule has 0 heterocycles. The summed E-state index contributed by atoms with van der Waals surface area (Å²) in [7, 11) is -2.21. The molecule has 0 saturated carbocycles. The predicted octanol–water partition coefficient (Wildman–Crippen LogP) is 0.668. The van der Waals surface area contributed by atoms with Gasteiger partial charge in [0.25, 0.3) is 0 Å². The van der Waals surface area contributed by atoms with E-state index in [9.17, 15) is 8.42 Å². The van der Waals surface area contributed by atoms with Gasteiger partial charge in [-0.1, -0.05) is 6.07 Å². The summed E-state index contributed by atoms with van der Waals surface area (Å²) < 4.78 is 32.6. The molecule has 0 radical (unpaired) electrons. The number of hydrogen-bond acceptors (Lipinski definition) is 4. The third-order valence-corrected chi connectivity index (χ3v) is 2.90. The minimum absolute atomic E-state index is 0.00537. The molecular formula is C10H15NO4S. The molecular weight excluding hydrogens is 230 g/mol. The van der Waals surface area contributed by atoms with E-state index in [0.29, 0.717) is 6.61 Å². The van der Waals surface area contributed by atoms with Gasteiger partial charge in [-0.2, -0.15) is 0 Å². The molecule has 1 rings (SSSR count). The van der Waals surface area contributed by atoms with Gasteiger partial charge in [-0.15, -0.1) is 0 Å². The van der Waals surface area contributed by atoms with E-state index in [1.54, 1.807) is 19.2 Å². The number of nitrogens with two attached hydrogens (primary N) is 1. The molecule has 0 unspecified atom stereocenters. The number of benzene rings is 1. The molecule has 0 aliphatic carbocycles. The van der Waals surface area contributed by atoms with Gasteiger partial charge in [-0.05, 0) is 24.6 Å². The quantitative estimate of drug-likeness (QED) is 0.773. The van der Waals surface area contributed by atoms with E-state index in [-0.39, 0.29) is 17.3 Å². The average molecular weight is 245 g/mol. The number of sulfonamides is 1. The maximum atomic E-state index is 11.3. The number of methoxy groups -OCH3 is 1. The molecule has 0 bridgehead atoms. The monoisotopic (exact) mass is 245 g/mol. The number of hydrogen-bond donors (Lipinski definition) is 1. The Kier molecular flexibility index (Phi) is 4.28. The smallest absolute Gasteiger partial charge is 0.241 e. The summed E-state index contributed by atoms with van der Waals surface area (Å²) in [5.74, 6) is 0.263. The Balaban J connectivity index is 3.00. The molecule has 0 amide bonds. The van der Waals surface area contributed by atoms with Crippen LogP contribution < -0.4 is 9.88 Å². The second kappa shape index (κ2) is 5.29. The van der Waals surface area contributed by atoms with Crippen molar-refractivity contribution in [3.8, 4) is 5.75 Å². The Morgan fingerprint density at radius 2 is 2.00 bits per heavy atom. The van der Waals surface area contributed by atoms with Crippen molar-refractivity contribution < 1.29 is 17.9 Å². The van der Waals surface area contributed by atoms with E-state index in [2.05, 4.69) is 0 Å². The van der Waals surface area contributed by atoms with E-state index in [1.165, 1.54) is 6.07 Å². The van der Waals surface area contributed by atoms with Crippen LogP contribution in [0.4, 0.5) is 0 Å². The van der Waals surface area contributed by atoms with Gasteiger partial charge in [-0.25, -0.2) is 13.6 Å². The first-order valence-corrected chi connectivity index (χ1v) is 6.25. The molecule has 1 aromatic rings. The lowest BCUT2D eigenvalue weighted by Gasteiger charge is -2.10. The Morgan fingerprint density at radius 3 is 2.56 bits per heavy atom. The molecule has 16 heavy (non-hydrogen) atoms. The fourth-order valence-corrected chi connectivity index (χ4v) is 1.85. The van der Waals surface area contributed by atoms with Crippen LogP contribution in [0.3, 0.4) is 0 Å². The van der Waals surface area contributed by atoms with Crippen LogP contribution in [0.25, 0.3) is 0 Å². The molecule has 0 saturated heterocycles. The number of aryl methyl sites for hydroxylation is 1. The zero-order valence-corrected chi connectivity index (χ0v) is 10.1. The third kappa shape index (κ3) is 3.48. The first-order valence-electron chi connectivity index (χ1n) is 4.70. The predicted molar refractivity (Wildman–Crippen MR) is 59.9 cm³/mol. The fraction of sp³-hybridized carbons (Fsp3) is 0.400. The summed E-state index contributed by atoms with van der Waals surface area (Å²) in [5, 5.41) is 5.07. The van der Waals surface area contributed by atoms with Crippen LogP contribution in [0.1, 0.15) is 5.56 Å². The molecule has 0 fully saturated rings. The van der Waals surface area contributed by atoms with E-state index < -0.39 is 10.0 Å². The first kappa shape index (κ1) is 13.0. The minimum atomic E-state index is -3.75. The zero-order valence-electron chi connectivity index (χ0n) is 9.26. The van der Waals surface area contributed by atoms with Crippen molar-refractivity contribution in [1.29, 1.82) is 0 Å². The highest BCUT2D eigenvalue weighted by Crippen LogP contribution is 2.23. The lowest BCUT2D eigenvalue weighted by molar-refractivity contribution is 0.144. The maximum Gasteiger partial charge on any atom is 0.241 e. The fourth-order valence-electron chi connectivity index (χ4n) is 1.20. The molecule has 0 atom stereocenters. The number of ether oxygens (including phenoxy) is 2. The molecule has 5 nitrogen and oxygen atoms in total. The van der Waals surface area contributed by atoms with Crippen LogP contribution in [0.15, 0.2) is 23.1 Å². The standard InChI is InChI=1S/C10H15NO4S/c1-8-3-4-10(16(11,12)13)9(7-8)15-6-5-14-2/h3-4,7H,5-6H2,1-2H3,(H2,11,12,13). The molecule has 0 aliphatic rings. The van der Waals surface area contributed by atoms with Gasteiger partial charge in [0.1, 0.15) is 17.3 Å². The van der Waals surface area contributed by atoms with Crippen molar-refractivity contribution >= 4 is 10.0 Å². The van der Waals surface area contributed by atoms with E-state index in [0.717, 1.165) is 5.56 Å². The van der Waals surface area contributed by atoms with E-state index in [1.807, 2.05) is 6.92 Å². The summed E-state index contributed by atoms with van der Waals surface area (Å²) in [6.45, 7) is 2.51. The Hall–Kier alpha value is -1.11. The topological polar surface area (TPSA) is 78.6 Å². The Morgan fingerprint density at radius 1 is 1.31 bits per heavy atom. The Bertz CT molecular complexity index is 456. The summed E-state index contributed by atoms with van der Waals surface area (Å²) >= 11 is 0. The largest absolute Gasteiger partial charge is 0.490 e. The lowest BCUT2D eigenvalue weighted by Crippen LogP contribution is -2.15. The first-order chi connectivity index (χ1) is 7.45. The molecule has 0 aliphatic heterocycles. The van der Waals surface area contributed by atoms with Crippen LogP contribution in [0, 0.1) is 6.92 Å². The zero-order chi connectivity index (χ0) is 12.2. The molecule has 2 N–H and O–H groups in total. The lowest BCUT2D eigenvalue weighted by atomic mass is 10.2. The van der Waals surface area contributed by atoms with Crippen molar-refractivity contribution in [2.45, 2.75) is 11.8 Å². The van der Waals surface area contributed by atoms with Gasteiger partial charge < -0.3 is 9.47 Å². The van der Waals surface area contributed by atoms with Crippen LogP contribution in [-0.2, 0) is 14.8 Å². The highest BCUT2D eigenvalue weighted by Gasteiger charge is 2.14. The molecule has 0 spiro atoms. The molecule has 6 heteroatoms. The molecule has 90 valence electrons. The van der Waals surface area contributed by atoms with Gasteiger partial charge in [-0.3, -0.25) is 0 Å². The second-order valence-corrected chi connectivity index (χ2v) is 4.87. The summed E-state index contributed by atoms with van der Waals surface area (Å²) in [4.78, 5) is -0.00537. The van der Waals surface area contributed by atoms with E-state index in [4.69, 9.17) is 14.6 Å². The van der Waals surface area contributed by atoms with Crippen LogP contribution in [0.2, 0.25) is 0 Å². The summed E-state index contributed by atoms with van der Waals surface area (Å²) in [6.07, 6.45) is 0. The number of primary sulfonamides is 1. The highest BCUT2D eigenvalue weighted by atomic mass is 32.2. The minimum Gasteiger partial charge on any atom is -0.490 e. The average Bonchev–Trinajstić information content (AvgIpc) is 2.16. The van der Waals surface area contributed by atoms with Crippen LogP contribution in [-0.4, -0.2) is 28.7 Å². The summed E-state index contributed by atoms with van der Waals surface area (Å²) in [6, 6.07) is 4.74. The third-order valence-electron chi connectivity index (χ3n) is 1.95. The van der Waals surface area contributed by atoms with Crippen LogP contribution in [0.5, 0.6) is 5.75 Å². The van der Waals surface area contributed by atoms with Crippen molar-refractivity contribution in [3.05, 3.63) is 23.8 Å². The maximum absolute atomic E-state index is 11.3. The van der Waals surface area contributed by atoms with Gasteiger partial charge in [0.2, 0.25) is 10.0 Å². The van der Waals surface area contributed by atoms with E-state index >= 15 is 0 Å². The van der Waals surface area contributed by atoms with Gasteiger partial charge >= 0.3 is 0 Å². The van der Waals surface area contributed by atoms with Crippen LogP contribution >= 0.6 is 0 Å². The SMILES string of the molecule is COCCOc1cc(C)ccc1S(N)(=O)=O. The Labute approximate surface area is 95.2 Å². The van der Waals surface area contributed by atoms with Crippen molar-refractivity contribution in [2.75, 3.05) is 20.3 Å². The molecule has 1 aromatic carbocycles. The molecule has 0 aromatic heterocycles.